The van der Waals surface area contributed by atoms with Crippen LogP contribution in [0.15, 0.2) is 132 Å². The van der Waals surface area contributed by atoms with Gasteiger partial charge < -0.3 is 14.0 Å². The number of furan rings is 1. The summed E-state index contributed by atoms with van der Waals surface area (Å²) < 4.78 is 22.9. The quantitative estimate of drug-likeness (QED) is 0.123. The molecule has 54 heavy (non-hydrogen) atoms. The Balaban J connectivity index is 0.000000186. The van der Waals surface area contributed by atoms with Crippen molar-refractivity contribution >= 4 is 57.1 Å². The van der Waals surface area contributed by atoms with Crippen LogP contribution in [-0.2, 0) is 26.5 Å². The fraction of sp³-hybridized carbons (Fsp3) is 0.152. The minimum absolute atomic E-state index is 0. The molecule has 8 heteroatoms. The van der Waals surface area contributed by atoms with Gasteiger partial charge >= 0.3 is 0 Å². The van der Waals surface area contributed by atoms with Gasteiger partial charge in [-0.1, -0.05) is 99.7 Å². The summed E-state index contributed by atoms with van der Waals surface area (Å²) >= 11 is 0. The number of imidazole rings is 1. The van der Waals surface area contributed by atoms with Crippen molar-refractivity contribution in [2.45, 2.75) is 39.9 Å². The Kier molecular flexibility index (Phi) is 10.4. The molecule has 4 heterocycles. The van der Waals surface area contributed by atoms with E-state index in [-0.39, 0.29) is 25.9 Å². The average Bonchev–Trinajstić information content (AvgIpc) is 3.74. The second-order valence-corrected chi connectivity index (χ2v) is 19.8. The molecule has 0 atom stereocenters. The van der Waals surface area contributed by atoms with Crippen molar-refractivity contribution in [2.75, 3.05) is 0 Å². The molecule has 0 amide bonds. The molecule has 9 aromatic rings. The van der Waals surface area contributed by atoms with E-state index < -0.39 is 8.07 Å². The molecule has 5 nitrogen and oxygen atoms in total. The largest absolute Gasteiger partial charge is 0.513 e. The van der Waals surface area contributed by atoms with Gasteiger partial charge in [0, 0.05) is 43.2 Å². The van der Waals surface area contributed by atoms with E-state index >= 15 is 0 Å². The van der Waals surface area contributed by atoms with Gasteiger partial charge in [-0.2, -0.15) is 0 Å². The third kappa shape index (κ3) is 7.05. The first-order valence-electron chi connectivity index (χ1n) is 18.0. The van der Waals surface area contributed by atoms with E-state index in [1.807, 2.05) is 60.7 Å². The van der Waals surface area contributed by atoms with E-state index in [4.69, 9.17) is 9.40 Å². The summed E-state index contributed by atoms with van der Waals surface area (Å²) in [6.45, 7) is 11.7. The third-order valence-electron chi connectivity index (χ3n) is 9.47. The maximum absolute atomic E-state index is 14.6. The molecule has 0 aliphatic rings. The first-order valence-corrected chi connectivity index (χ1v) is 21.5. The van der Waals surface area contributed by atoms with Crippen molar-refractivity contribution in [2.24, 2.45) is 5.92 Å². The normalized spacial score (nSPS) is 11.6. The van der Waals surface area contributed by atoms with Gasteiger partial charge in [0.15, 0.2) is 0 Å². The van der Waals surface area contributed by atoms with Gasteiger partial charge in [0.2, 0.25) is 0 Å². The fourth-order valence-electron chi connectivity index (χ4n) is 7.10. The smallest absolute Gasteiger partial charge is 0.135 e. The first-order chi connectivity index (χ1) is 25.7. The zero-order valence-corrected chi connectivity index (χ0v) is 34.2. The molecule has 0 fully saturated rings. The number of benzene rings is 5. The number of para-hydroxylation sites is 2. The Morgan fingerprint density at radius 2 is 1.59 bits per heavy atom. The second kappa shape index (κ2) is 15.2. The van der Waals surface area contributed by atoms with Crippen molar-refractivity contribution in [3.63, 3.8) is 0 Å². The molecule has 9 rings (SSSR count). The van der Waals surface area contributed by atoms with Crippen LogP contribution in [0.5, 0.6) is 0 Å². The van der Waals surface area contributed by atoms with Gasteiger partial charge in [0.25, 0.3) is 0 Å². The number of rotatable bonds is 6. The summed E-state index contributed by atoms with van der Waals surface area (Å²) in [5, 5.41) is 4.10. The van der Waals surface area contributed by atoms with Crippen LogP contribution in [0.1, 0.15) is 19.4 Å². The molecular weight excluding hydrogens is 864 g/mol. The summed E-state index contributed by atoms with van der Waals surface area (Å²) in [7, 11) is -1.34. The number of halogens is 1. The van der Waals surface area contributed by atoms with Gasteiger partial charge in [-0.25, -0.2) is 4.39 Å². The molecule has 0 aliphatic heterocycles. The summed E-state index contributed by atoms with van der Waals surface area (Å²) in [6, 6.07) is 44.1. The first kappa shape index (κ1) is 37.1. The zero-order valence-electron chi connectivity index (χ0n) is 30.8. The maximum atomic E-state index is 14.6. The van der Waals surface area contributed by atoms with Crippen LogP contribution in [0.2, 0.25) is 19.6 Å². The molecule has 4 aromatic heterocycles. The molecule has 5 aromatic carbocycles. The predicted octanol–water partition coefficient (Wildman–Crippen LogP) is 11.4. The van der Waals surface area contributed by atoms with E-state index in [1.165, 1.54) is 16.8 Å². The van der Waals surface area contributed by atoms with Gasteiger partial charge in [-0.3, -0.25) is 9.97 Å². The number of hydrogen-bond acceptors (Lipinski definition) is 4. The third-order valence-corrected chi connectivity index (χ3v) is 11.5. The summed E-state index contributed by atoms with van der Waals surface area (Å²) in [6.07, 6.45) is 4.80. The van der Waals surface area contributed by atoms with Crippen molar-refractivity contribution in [3.05, 3.63) is 151 Å². The fourth-order valence-corrected chi connectivity index (χ4v) is 8.69. The molecule has 0 aliphatic carbocycles. The van der Waals surface area contributed by atoms with Gasteiger partial charge in [-0.05, 0) is 65.1 Å². The molecule has 0 spiro atoms. The Morgan fingerprint density at radius 1 is 0.833 bits per heavy atom. The zero-order chi connectivity index (χ0) is 36.7. The van der Waals surface area contributed by atoms with E-state index in [2.05, 4.69) is 103 Å². The Morgan fingerprint density at radius 3 is 2.39 bits per heavy atom. The van der Waals surface area contributed by atoms with Crippen molar-refractivity contribution < 1.29 is 28.9 Å². The minimum atomic E-state index is -1.34. The molecule has 1 radical (unpaired) electrons. The number of fused-ring (bicyclic) bond motifs is 5. The van der Waals surface area contributed by atoms with Crippen LogP contribution in [0.4, 0.5) is 4.39 Å². The van der Waals surface area contributed by atoms with Crippen molar-refractivity contribution in [3.8, 4) is 28.3 Å². The molecule has 0 saturated heterocycles. The van der Waals surface area contributed by atoms with Crippen LogP contribution >= 0.6 is 0 Å². The number of hydrogen-bond donors (Lipinski definition) is 0. The molecular formula is C46H39FIrN4OSi-2. The second-order valence-electron chi connectivity index (χ2n) is 14.8. The van der Waals surface area contributed by atoms with Crippen LogP contribution in [-0.4, -0.2) is 27.6 Å². The standard InChI is InChI=1S/C28H15FN3O.C18H24NSi.Ir/c29-20-10-6-14-24-25(20)26-27(33-24)19(15-16-30-26)28-31-21-11-3-4-12-23(21)32(28)22-13-5-8-17-7-1-2-9-18(17)22;1-14(2)11-16-12-17(15-9-7-6-8-10-15)19-13-18(16)20(3,4)5;/h1-14,16H;6-9,12-14H,11H2,1-5H3;/q2*-1;. The Labute approximate surface area is 329 Å². The summed E-state index contributed by atoms with van der Waals surface area (Å²) in [5.41, 5.74) is 8.43. The predicted molar refractivity (Wildman–Crippen MR) is 218 cm³/mol. The molecule has 271 valence electrons. The maximum Gasteiger partial charge on any atom is 0.135 e. The van der Waals surface area contributed by atoms with Gasteiger partial charge in [0.1, 0.15) is 11.4 Å². The SMILES string of the molecule is CC(C)Cc1cc(-c2[c-]cccc2)ncc1[Si](C)(C)C.Fc1cccc2oc3c(-c4nc5ccccc5n4-c4cccc5ccccc45)[c-]cnc3c12.[Ir]. The monoisotopic (exact) mass is 903 g/mol. The van der Waals surface area contributed by atoms with E-state index in [9.17, 15) is 4.39 Å². The van der Waals surface area contributed by atoms with Crippen LogP contribution in [0.25, 0.3) is 72.2 Å². The van der Waals surface area contributed by atoms with E-state index in [0.29, 0.717) is 39.4 Å². The Bertz CT molecular complexity index is 2750. The average molecular weight is 903 g/mol. The minimum Gasteiger partial charge on any atom is -0.513 e. The summed E-state index contributed by atoms with van der Waals surface area (Å²) in [4.78, 5) is 14.0. The van der Waals surface area contributed by atoms with Crippen LogP contribution in [0, 0.1) is 23.9 Å². The van der Waals surface area contributed by atoms with Gasteiger partial charge in [0.05, 0.1) is 35.6 Å². The van der Waals surface area contributed by atoms with Gasteiger partial charge in [-0.15, -0.1) is 47.5 Å². The van der Waals surface area contributed by atoms with E-state index in [0.717, 1.165) is 45.2 Å². The van der Waals surface area contributed by atoms with E-state index in [1.54, 1.807) is 18.3 Å². The molecule has 0 saturated carbocycles. The summed E-state index contributed by atoms with van der Waals surface area (Å²) in [5.74, 6) is 0.970. The number of aromatic nitrogens is 4. The number of pyridine rings is 2. The topological polar surface area (TPSA) is 56.7 Å². The Hall–Kier alpha value is -5.27. The van der Waals surface area contributed by atoms with Crippen LogP contribution < -0.4 is 5.19 Å². The molecule has 0 unspecified atom stereocenters. The van der Waals surface area contributed by atoms with Crippen molar-refractivity contribution in [1.29, 1.82) is 0 Å². The number of nitrogens with zero attached hydrogens (tertiary/aromatic N) is 4. The molecule has 0 bridgehead atoms. The van der Waals surface area contributed by atoms with Crippen LogP contribution in [0.3, 0.4) is 0 Å². The molecule has 0 N–H and O–H groups in total. The van der Waals surface area contributed by atoms with Crippen molar-refractivity contribution in [1.82, 2.24) is 19.5 Å².